The van der Waals surface area contributed by atoms with E-state index in [2.05, 4.69) is 15.9 Å². The molecule has 0 saturated carbocycles. The third-order valence-electron chi connectivity index (χ3n) is 3.02. The maximum atomic E-state index is 13.5. The van der Waals surface area contributed by atoms with Crippen LogP contribution < -0.4 is 4.90 Å². The van der Waals surface area contributed by atoms with Crippen molar-refractivity contribution in [3.8, 4) is 0 Å². The first-order chi connectivity index (χ1) is 9.50. The summed E-state index contributed by atoms with van der Waals surface area (Å²) in [7, 11) is 0. The fraction of sp³-hybridized carbons (Fsp3) is 0. The summed E-state index contributed by atoms with van der Waals surface area (Å²) in [4.78, 5) is 25.1. The number of imide groups is 1. The second kappa shape index (κ2) is 4.49. The Labute approximate surface area is 120 Å². The van der Waals surface area contributed by atoms with Crippen LogP contribution >= 0.6 is 15.9 Å². The molecule has 0 fully saturated rings. The Morgan fingerprint density at radius 1 is 0.900 bits per heavy atom. The van der Waals surface area contributed by atoms with Gasteiger partial charge in [-0.15, -0.1) is 0 Å². The number of amides is 2. The van der Waals surface area contributed by atoms with E-state index in [-0.39, 0.29) is 21.3 Å². The first kappa shape index (κ1) is 12.9. The van der Waals surface area contributed by atoms with Gasteiger partial charge in [0.2, 0.25) is 0 Å². The third-order valence-corrected chi connectivity index (χ3v) is 3.78. The van der Waals surface area contributed by atoms with Crippen molar-refractivity contribution in [3.05, 3.63) is 63.6 Å². The average Bonchev–Trinajstić information content (AvgIpc) is 2.68. The quantitative estimate of drug-likeness (QED) is 0.589. The highest BCUT2D eigenvalue weighted by Crippen LogP contribution is 2.31. The number of carbonyl (C=O) groups is 2. The van der Waals surface area contributed by atoms with Crippen LogP contribution in [0.3, 0.4) is 0 Å². The second-order valence-electron chi connectivity index (χ2n) is 4.21. The maximum absolute atomic E-state index is 13.5. The van der Waals surface area contributed by atoms with Gasteiger partial charge in [0.25, 0.3) is 11.8 Å². The fourth-order valence-electron chi connectivity index (χ4n) is 2.09. The van der Waals surface area contributed by atoms with Gasteiger partial charge in [0.05, 0.1) is 21.3 Å². The van der Waals surface area contributed by atoms with Crippen LogP contribution in [0.5, 0.6) is 0 Å². The number of fused-ring (bicyclic) bond motifs is 1. The molecule has 100 valence electrons. The van der Waals surface area contributed by atoms with E-state index in [0.29, 0.717) is 0 Å². The molecular formula is C14H6BrF2NO2. The van der Waals surface area contributed by atoms with Gasteiger partial charge < -0.3 is 0 Å². The first-order valence-corrected chi connectivity index (χ1v) is 6.42. The molecule has 0 atom stereocenters. The van der Waals surface area contributed by atoms with Crippen LogP contribution in [0.4, 0.5) is 14.5 Å². The molecule has 6 heteroatoms. The highest BCUT2D eigenvalue weighted by atomic mass is 79.9. The average molecular weight is 338 g/mol. The van der Waals surface area contributed by atoms with Gasteiger partial charge >= 0.3 is 0 Å². The molecule has 0 unspecified atom stereocenters. The molecule has 1 aliphatic rings. The molecule has 0 N–H and O–H groups in total. The first-order valence-electron chi connectivity index (χ1n) is 5.63. The van der Waals surface area contributed by atoms with Crippen molar-refractivity contribution in [3.63, 3.8) is 0 Å². The van der Waals surface area contributed by atoms with E-state index in [1.807, 2.05) is 0 Å². The second-order valence-corrected chi connectivity index (χ2v) is 5.01. The lowest BCUT2D eigenvalue weighted by atomic mass is 10.1. The van der Waals surface area contributed by atoms with E-state index >= 15 is 0 Å². The van der Waals surface area contributed by atoms with Gasteiger partial charge in [-0.25, -0.2) is 13.7 Å². The number of hydrogen-bond donors (Lipinski definition) is 0. The molecule has 0 radical (unpaired) electrons. The summed E-state index contributed by atoms with van der Waals surface area (Å²) in [6.45, 7) is 0. The summed E-state index contributed by atoms with van der Waals surface area (Å²) in [5, 5.41) is 0. The Morgan fingerprint density at radius 2 is 1.35 bits per heavy atom. The Hall–Kier alpha value is -2.08. The lowest BCUT2D eigenvalue weighted by molar-refractivity contribution is 0.0926. The molecule has 2 aromatic rings. The molecule has 2 amide bonds. The third kappa shape index (κ3) is 1.76. The lowest BCUT2D eigenvalue weighted by Gasteiger charge is -2.14. The molecule has 1 heterocycles. The summed E-state index contributed by atoms with van der Waals surface area (Å²) in [6.07, 6.45) is 0. The van der Waals surface area contributed by atoms with Gasteiger partial charge in [-0.2, -0.15) is 0 Å². The molecule has 0 aliphatic carbocycles. The number of benzene rings is 2. The Morgan fingerprint density at radius 3 is 1.80 bits per heavy atom. The van der Waals surface area contributed by atoms with Crippen LogP contribution in [-0.2, 0) is 0 Å². The summed E-state index contributed by atoms with van der Waals surface area (Å²) >= 11 is 2.74. The smallest absolute Gasteiger partial charge is 0.266 e. The van der Waals surface area contributed by atoms with Gasteiger partial charge in [0.15, 0.2) is 0 Å². The summed E-state index contributed by atoms with van der Waals surface area (Å²) in [5.41, 5.74) is 0.317. The highest BCUT2D eigenvalue weighted by molar-refractivity contribution is 9.10. The number of carbonyl (C=O) groups excluding carboxylic acids is 2. The molecule has 0 spiro atoms. The molecular weight excluding hydrogens is 332 g/mol. The monoisotopic (exact) mass is 337 g/mol. The van der Waals surface area contributed by atoms with E-state index in [9.17, 15) is 18.4 Å². The van der Waals surface area contributed by atoms with E-state index < -0.39 is 23.4 Å². The topological polar surface area (TPSA) is 37.4 Å². The van der Waals surface area contributed by atoms with Gasteiger partial charge in [-0.3, -0.25) is 9.59 Å². The van der Waals surface area contributed by atoms with Crippen molar-refractivity contribution in [2.75, 3.05) is 4.90 Å². The summed E-state index contributed by atoms with van der Waals surface area (Å²) < 4.78 is 26.7. The van der Waals surface area contributed by atoms with Gasteiger partial charge in [-0.05, 0) is 40.2 Å². The zero-order chi connectivity index (χ0) is 14.4. The standard InChI is InChI=1S/C14H6BrF2NO2/c15-12-10(16)5-7(6-11(12)17)18-13(19)8-3-1-2-4-9(8)14(18)20/h1-6H. The molecule has 3 nitrogen and oxygen atoms in total. The predicted octanol–water partition coefficient (Wildman–Crippen LogP) is 3.53. The van der Waals surface area contributed by atoms with Crippen molar-refractivity contribution >= 4 is 33.4 Å². The molecule has 20 heavy (non-hydrogen) atoms. The van der Waals surface area contributed by atoms with Crippen LogP contribution in [0, 0.1) is 11.6 Å². The minimum Gasteiger partial charge on any atom is -0.268 e. The minimum absolute atomic E-state index is 0.130. The number of hydrogen-bond acceptors (Lipinski definition) is 2. The van der Waals surface area contributed by atoms with Crippen LogP contribution in [0.2, 0.25) is 0 Å². The maximum Gasteiger partial charge on any atom is 0.266 e. The largest absolute Gasteiger partial charge is 0.268 e. The number of anilines is 1. The van der Waals surface area contributed by atoms with Crippen molar-refractivity contribution in [2.24, 2.45) is 0 Å². The van der Waals surface area contributed by atoms with Gasteiger partial charge in [-0.1, -0.05) is 12.1 Å². The van der Waals surface area contributed by atoms with E-state index in [0.717, 1.165) is 17.0 Å². The number of halogens is 3. The van der Waals surface area contributed by atoms with Crippen LogP contribution in [0.15, 0.2) is 40.9 Å². The zero-order valence-electron chi connectivity index (χ0n) is 9.86. The van der Waals surface area contributed by atoms with E-state index in [1.165, 1.54) is 12.1 Å². The number of nitrogens with zero attached hydrogens (tertiary/aromatic N) is 1. The Balaban J connectivity index is 2.14. The zero-order valence-corrected chi connectivity index (χ0v) is 11.4. The predicted molar refractivity (Wildman–Crippen MR) is 71.6 cm³/mol. The summed E-state index contributed by atoms with van der Waals surface area (Å²) in [6, 6.07) is 8.12. The Kier molecular flexibility index (Phi) is 2.90. The molecule has 0 saturated heterocycles. The molecule has 0 bridgehead atoms. The van der Waals surface area contributed by atoms with Crippen molar-refractivity contribution in [1.82, 2.24) is 0 Å². The number of rotatable bonds is 1. The van der Waals surface area contributed by atoms with Gasteiger partial charge in [0, 0.05) is 0 Å². The van der Waals surface area contributed by atoms with Crippen LogP contribution in [0.25, 0.3) is 0 Å². The normalized spacial score (nSPS) is 13.8. The summed E-state index contributed by atoms with van der Waals surface area (Å²) in [5.74, 6) is -2.94. The Bertz CT molecular complexity index is 703. The minimum atomic E-state index is -0.878. The van der Waals surface area contributed by atoms with E-state index in [4.69, 9.17) is 0 Å². The molecule has 0 aromatic heterocycles. The van der Waals surface area contributed by atoms with Crippen molar-refractivity contribution < 1.29 is 18.4 Å². The van der Waals surface area contributed by atoms with Gasteiger partial charge in [0.1, 0.15) is 11.6 Å². The lowest BCUT2D eigenvalue weighted by Crippen LogP contribution is -2.29. The fourth-order valence-corrected chi connectivity index (χ4v) is 2.32. The van der Waals surface area contributed by atoms with Crippen LogP contribution in [0.1, 0.15) is 20.7 Å². The van der Waals surface area contributed by atoms with E-state index in [1.54, 1.807) is 12.1 Å². The SMILES string of the molecule is O=C1c2ccccc2C(=O)N1c1cc(F)c(Br)c(F)c1. The van der Waals surface area contributed by atoms with Crippen molar-refractivity contribution in [2.45, 2.75) is 0 Å². The van der Waals surface area contributed by atoms with Crippen molar-refractivity contribution in [1.29, 1.82) is 0 Å². The molecule has 2 aromatic carbocycles. The molecule has 1 aliphatic heterocycles. The molecule has 3 rings (SSSR count). The highest BCUT2D eigenvalue weighted by Gasteiger charge is 2.36. The van der Waals surface area contributed by atoms with Crippen LogP contribution in [-0.4, -0.2) is 11.8 Å².